The number of aryl methyl sites for hydroxylation is 1. The number of benzene rings is 1. The van der Waals surface area contributed by atoms with Crippen molar-refractivity contribution in [2.24, 2.45) is 0 Å². The molecule has 4 rings (SSSR count). The van der Waals surface area contributed by atoms with Crippen LogP contribution in [0.1, 0.15) is 28.7 Å². The van der Waals surface area contributed by atoms with Crippen molar-refractivity contribution in [3.8, 4) is 11.3 Å². The number of carbonyl (C=O) groups excluding carboxylic acids is 1. The lowest BCUT2D eigenvalue weighted by molar-refractivity contribution is 0.102. The van der Waals surface area contributed by atoms with E-state index in [2.05, 4.69) is 26.8 Å². The third kappa shape index (κ3) is 3.18. The maximum Gasteiger partial charge on any atom is 0.269 e. The van der Waals surface area contributed by atoms with Gasteiger partial charge in [0.25, 0.3) is 5.91 Å². The van der Waals surface area contributed by atoms with Gasteiger partial charge in [-0.05, 0) is 30.1 Å². The Bertz CT molecular complexity index is 987. The summed E-state index contributed by atoms with van der Waals surface area (Å²) in [4.78, 5) is 18.5. The van der Waals surface area contributed by atoms with Gasteiger partial charge in [0.05, 0.1) is 11.4 Å². The molecule has 3 aromatic heterocycles. The normalized spacial score (nSPS) is 11.1. The zero-order chi connectivity index (χ0) is 17.2. The molecule has 6 nitrogen and oxygen atoms in total. The second-order valence-electron chi connectivity index (χ2n) is 5.55. The van der Waals surface area contributed by atoms with Gasteiger partial charge in [0.2, 0.25) is 0 Å². The van der Waals surface area contributed by atoms with Crippen LogP contribution in [0.15, 0.2) is 42.0 Å². The maximum absolute atomic E-state index is 12.4. The zero-order valence-electron chi connectivity index (χ0n) is 13.5. The summed E-state index contributed by atoms with van der Waals surface area (Å²) >= 11 is 2.74. The van der Waals surface area contributed by atoms with E-state index in [4.69, 9.17) is 0 Å². The molecule has 0 spiro atoms. The number of amides is 1. The molecule has 1 aromatic carbocycles. The van der Waals surface area contributed by atoms with Crippen LogP contribution in [-0.4, -0.2) is 24.9 Å². The monoisotopic (exact) mass is 369 g/mol. The Labute approximate surface area is 152 Å². The Kier molecular flexibility index (Phi) is 4.29. The molecule has 126 valence electrons. The molecule has 0 aliphatic carbocycles. The smallest absolute Gasteiger partial charge is 0.269 e. The maximum atomic E-state index is 12.4. The van der Waals surface area contributed by atoms with Crippen LogP contribution < -0.4 is 5.32 Å². The molecule has 8 heteroatoms. The lowest BCUT2D eigenvalue weighted by Gasteiger charge is -2.05. The third-order valence-corrected chi connectivity index (χ3v) is 5.32. The first kappa shape index (κ1) is 15.9. The molecule has 0 radical (unpaired) electrons. The van der Waals surface area contributed by atoms with Crippen molar-refractivity contribution in [2.45, 2.75) is 19.8 Å². The lowest BCUT2D eigenvalue weighted by atomic mass is 10.1. The average molecular weight is 369 g/mol. The minimum Gasteiger partial charge on any atom is -0.321 e. The Morgan fingerprint density at radius 2 is 2.12 bits per heavy atom. The number of hydrogen-bond donors (Lipinski definition) is 1. The minimum atomic E-state index is -0.159. The van der Waals surface area contributed by atoms with Gasteiger partial charge in [-0.15, -0.1) is 16.4 Å². The summed E-state index contributed by atoms with van der Waals surface area (Å²) in [5, 5.41) is 8.95. The number of imidazole rings is 1. The molecule has 3 heterocycles. The summed E-state index contributed by atoms with van der Waals surface area (Å²) in [6.45, 7) is 2.06. The van der Waals surface area contributed by atoms with E-state index in [1.54, 1.807) is 11.3 Å². The van der Waals surface area contributed by atoms with Crippen molar-refractivity contribution in [3.05, 3.63) is 52.6 Å². The third-order valence-electron chi connectivity index (χ3n) is 3.78. The van der Waals surface area contributed by atoms with Gasteiger partial charge in [0.1, 0.15) is 4.88 Å². The van der Waals surface area contributed by atoms with Gasteiger partial charge in [0, 0.05) is 29.0 Å². The number of nitrogens with zero attached hydrogens (tertiary/aromatic N) is 4. The first-order valence-electron chi connectivity index (χ1n) is 7.90. The molecule has 25 heavy (non-hydrogen) atoms. The SMILES string of the molecule is CCCc1nnsc1C(=O)Nc1ccc(-c2cn3ccsc3n2)cc1. The van der Waals surface area contributed by atoms with E-state index in [9.17, 15) is 4.79 Å². The fourth-order valence-electron chi connectivity index (χ4n) is 2.56. The van der Waals surface area contributed by atoms with Crippen molar-refractivity contribution in [1.29, 1.82) is 0 Å². The molecular formula is C17H15N5OS2. The van der Waals surface area contributed by atoms with E-state index in [1.165, 1.54) is 0 Å². The lowest BCUT2D eigenvalue weighted by Crippen LogP contribution is -2.12. The van der Waals surface area contributed by atoms with Gasteiger partial charge in [-0.3, -0.25) is 9.20 Å². The molecule has 0 atom stereocenters. The van der Waals surface area contributed by atoms with Crippen LogP contribution >= 0.6 is 22.9 Å². The predicted octanol–water partition coefficient (Wildman–Crippen LogP) is 4.12. The number of nitrogens with one attached hydrogen (secondary N) is 1. The molecule has 4 aromatic rings. The van der Waals surface area contributed by atoms with E-state index in [0.29, 0.717) is 4.88 Å². The molecular weight excluding hydrogens is 354 g/mol. The highest BCUT2D eigenvalue weighted by Gasteiger charge is 2.16. The predicted molar refractivity (Wildman–Crippen MR) is 100 cm³/mol. The summed E-state index contributed by atoms with van der Waals surface area (Å²) in [5.41, 5.74) is 3.44. The number of anilines is 1. The topological polar surface area (TPSA) is 72.2 Å². The van der Waals surface area contributed by atoms with Crippen LogP contribution in [0.5, 0.6) is 0 Å². The first-order valence-corrected chi connectivity index (χ1v) is 9.55. The molecule has 0 bridgehead atoms. The highest BCUT2D eigenvalue weighted by atomic mass is 32.1. The number of carbonyl (C=O) groups is 1. The van der Waals surface area contributed by atoms with Crippen LogP contribution in [0, 0.1) is 0 Å². The van der Waals surface area contributed by atoms with Gasteiger partial charge in [-0.25, -0.2) is 4.98 Å². The Balaban J connectivity index is 1.51. The summed E-state index contributed by atoms with van der Waals surface area (Å²) in [6, 6.07) is 7.68. The second-order valence-corrected chi connectivity index (χ2v) is 7.18. The Morgan fingerprint density at radius 3 is 2.88 bits per heavy atom. The highest BCUT2D eigenvalue weighted by molar-refractivity contribution is 7.15. The molecule has 0 unspecified atom stereocenters. The van der Waals surface area contributed by atoms with E-state index in [-0.39, 0.29) is 5.91 Å². The molecule has 0 fully saturated rings. The molecule has 0 aliphatic heterocycles. The Hall–Kier alpha value is -2.58. The van der Waals surface area contributed by atoms with Gasteiger partial charge >= 0.3 is 0 Å². The number of hydrogen-bond acceptors (Lipinski definition) is 6. The van der Waals surface area contributed by atoms with Crippen molar-refractivity contribution < 1.29 is 4.79 Å². The molecule has 0 aliphatic rings. The van der Waals surface area contributed by atoms with E-state index >= 15 is 0 Å². The van der Waals surface area contributed by atoms with Crippen molar-refractivity contribution in [3.63, 3.8) is 0 Å². The van der Waals surface area contributed by atoms with Gasteiger partial charge < -0.3 is 5.32 Å². The largest absolute Gasteiger partial charge is 0.321 e. The van der Waals surface area contributed by atoms with Crippen LogP contribution in [-0.2, 0) is 6.42 Å². The minimum absolute atomic E-state index is 0.159. The first-order chi connectivity index (χ1) is 12.2. The van der Waals surface area contributed by atoms with Crippen LogP contribution in [0.3, 0.4) is 0 Å². The van der Waals surface area contributed by atoms with E-state index < -0.39 is 0 Å². The summed E-state index contributed by atoms with van der Waals surface area (Å²) in [7, 11) is 0. The van der Waals surface area contributed by atoms with Crippen LogP contribution in [0.25, 0.3) is 16.2 Å². The second kappa shape index (κ2) is 6.73. The number of fused-ring (bicyclic) bond motifs is 1. The summed E-state index contributed by atoms with van der Waals surface area (Å²) in [5.74, 6) is -0.159. The summed E-state index contributed by atoms with van der Waals surface area (Å²) in [6.07, 6.45) is 5.68. The standard InChI is InChI=1S/C17H15N5OS2/c1-2-3-13-15(25-21-20-13)16(23)18-12-6-4-11(5-7-12)14-10-22-8-9-24-17(22)19-14/h4-10H,2-3H2,1H3,(H,18,23). The molecule has 0 saturated carbocycles. The number of rotatable bonds is 5. The van der Waals surface area contributed by atoms with Gasteiger partial charge in [-0.1, -0.05) is 30.0 Å². The number of thiazole rings is 1. The van der Waals surface area contributed by atoms with Gasteiger partial charge in [0.15, 0.2) is 4.96 Å². The van der Waals surface area contributed by atoms with Crippen LogP contribution in [0.2, 0.25) is 0 Å². The van der Waals surface area contributed by atoms with Gasteiger partial charge in [-0.2, -0.15) is 0 Å². The number of aromatic nitrogens is 4. The molecule has 1 amide bonds. The highest BCUT2D eigenvalue weighted by Crippen LogP contribution is 2.23. The summed E-state index contributed by atoms with van der Waals surface area (Å²) < 4.78 is 5.90. The van der Waals surface area contributed by atoms with Crippen molar-refractivity contribution >= 4 is 39.4 Å². The van der Waals surface area contributed by atoms with Crippen molar-refractivity contribution in [1.82, 2.24) is 19.0 Å². The zero-order valence-corrected chi connectivity index (χ0v) is 15.1. The Morgan fingerprint density at radius 1 is 1.28 bits per heavy atom. The van der Waals surface area contributed by atoms with E-state index in [0.717, 1.165) is 52.0 Å². The molecule has 0 saturated heterocycles. The molecule has 1 N–H and O–H groups in total. The average Bonchev–Trinajstić information content (AvgIpc) is 3.31. The fourth-order valence-corrected chi connectivity index (χ4v) is 3.86. The van der Waals surface area contributed by atoms with Crippen molar-refractivity contribution in [2.75, 3.05) is 5.32 Å². The van der Waals surface area contributed by atoms with E-state index in [1.807, 2.05) is 46.4 Å². The quantitative estimate of drug-likeness (QED) is 0.574. The van der Waals surface area contributed by atoms with Crippen LogP contribution in [0.4, 0.5) is 5.69 Å². The fraction of sp³-hybridized carbons (Fsp3) is 0.176.